The minimum absolute atomic E-state index is 0.241. The van der Waals surface area contributed by atoms with Crippen LogP contribution >= 0.6 is 0 Å². The molecule has 6 heteroatoms. The van der Waals surface area contributed by atoms with Crippen LogP contribution in [0.25, 0.3) is 16.9 Å². The first kappa shape index (κ1) is 19.7. The van der Waals surface area contributed by atoms with Crippen molar-refractivity contribution in [2.24, 2.45) is 0 Å². The minimum atomic E-state index is -0.628. The SMILES string of the molecule is COC1CCN(Cc2cn(-c3ccc(F)cc3F)nc2-c2ccccc2C)CC1. The molecule has 4 nitrogen and oxygen atoms in total. The van der Waals surface area contributed by atoms with Gasteiger partial charge in [0, 0.05) is 50.1 Å². The van der Waals surface area contributed by atoms with Crippen LogP contribution in [0.5, 0.6) is 0 Å². The maximum Gasteiger partial charge on any atom is 0.151 e. The van der Waals surface area contributed by atoms with E-state index in [1.807, 2.05) is 37.4 Å². The van der Waals surface area contributed by atoms with Crippen LogP contribution in [0.3, 0.4) is 0 Å². The van der Waals surface area contributed by atoms with Crippen molar-refractivity contribution in [2.75, 3.05) is 20.2 Å². The lowest BCUT2D eigenvalue weighted by molar-refractivity contribution is 0.0389. The Morgan fingerprint density at radius 1 is 1.10 bits per heavy atom. The highest BCUT2D eigenvalue weighted by molar-refractivity contribution is 5.66. The highest BCUT2D eigenvalue weighted by Crippen LogP contribution is 2.29. The molecule has 0 bridgehead atoms. The monoisotopic (exact) mass is 397 g/mol. The van der Waals surface area contributed by atoms with Gasteiger partial charge in [0.15, 0.2) is 5.82 Å². The summed E-state index contributed by atoms with van der Waals surface area (Å²) in [5, 5.41) is 4.70. The maximum atomic E-state index is 14.4. The molecule has 2 aromatic carbocycles. The van der Waals surface area contributed by atoms with Gasteiger partial charge in [-0.15, -0.1) is 0 Å². The molecule has 0 atom stereocenters. The predicted octanol–water partition coefficient (Wildman–Crippen LogP) is 4.74. The number of ether oxygens (including phenoxy) is 1. The van der Waals surface area contributed by atoms with Gasteiger partial charge in [-0.1, -0.05) is 24.3 Å². The number of likely N-dealkylation sites (tertiary alicyclic amines) is 1. The van der Waals surface area contributed by atoms with E-state index in [1.165, 1.54) is 16.8 Å². The number of nitrogens with zero attached hydrogens (tertiary/aromatic N) is 3. The zero-order chi connectivity index (χ0) is 20.4. The molecule has 0 spiro atoms. The molecule has 3 aromatic rings. The normalized spacial score (nSPS) is 15.7. The van der Waals surface area contributed by atoms with Gasteiger partial charge in [-0.05, 0) is 37.5 Å². The lowest BCUT2D eigenvalue weighted by atomic mass is 10.0. The van der Waals surface area contributed by atoms with Gasteiger partial charge in [0.25, 0.3) is 0 Å². The number of rotatable bonds is 5. The molecule has 0 saturated carbocycles. The largest absolute Gasteiger partial charge is 0.381 e. The van der Waals surface area contributed by atoms with Gasteiger partial charge in [0.1, 0.15) is 11.5 Å². The Labute approximate surface area is 169 Å². The summed E-state index contributed by atoms with van der Waals surface area (Å²) in [5.41, 5.74) is 4.23. The average Bonchev–Trinajstić information content (AvgIpc) is 3.12. The van der Waals surface area contributed by atoms with E-state index in [1.54, 1.807) is 7.11 Å². The summed E-state index contributed by atoms with van der Waals surface area (Å²) in [7, 11) is 1.76. The Kier molecular flexibility index (Phi) is 5.74. The van der Waals surface area contributed by atoms with E-state index in [4.69, 9.17) is 9.84 Å². The van der Waals surface area contributed by atoms with Gasteiger partial charge < -0.3 is 4.74 Å². The second-order valence-corrected chi connectivity index (χ2v) is 7.57. The minimum Gasteiger partial charge on any atom is -0.381 e. The quantitative estimate of drug-likeness (QED) is 0.623. The number of benzene rings is 2. The lowest BCUT2D eigenvalue weighted by Crippen LogP contribution is -2.36. The predicted molar refractivity (Wildman–Crippen MR) is 109 cm³/mol. The van der Waals surface area contributed by atoms with Crippen molar-refractivity contribution in [1.29, 1.82) is 0 Å². The Hall–Kier alpha value is -2.57. The Morgan fingerprint density at radius 2 is 1.86 bits per heavy atom. The first-order valence-corrected chi connectivity index (χ1v) is 9.90. The van der Waals surface area contributed by atoms with Crippen molar-refractivity contribution in [1.82, 2.24) is 14.7 Å². The molecule has 1 aliphatic rings. The van der Waals surface area contributed by atoms with Crippen LogP contribution in [-0.4, -0.2) is 41.0 Å². The molecular weight excluding hydrogens is 372 g/mol. The summed E-state index contributed by atoms with van der Waals surface area (Å²) in [6, 6.07) is 11.6. The van der Waals surface area contributed by atoms with Crippen LogP contribution in [-0.2, 0) is 11.3 Å². The van der Waals surface area contributed by atoms with Crippen LogP contribution in [0.4, 0.5) is 8.78 Å². The smallest absolute Gasteiger partial charge is 0.151 e. The third kappa shape index (κ3) is 4.23. The number of piperidine rings is 1. The van der Waals surface area contributed by atoms with Gasteiger partial charge >= 0.3 is 0 Å². The highest BCUT2D eigenvalue weighted by atomic mass is 19.1. The van der Waals surface area contributed by atoms with Crippen molar-refractivity contribution in [3.8, 4) is 16.9 Å². The van der Waals surface area contributed by atoms with E-state index in [0.717, 1.165) is 60.9 Å². The second kappa shape index (κ2) is 8.43. The molecule has 152 valence electrons. The lowest BCUT2D eigenvalue weighted by Gasteiger charge is -2.31. The van der Waals surface area contributed by atoms with Crippen molar-refractivity contribution in [2.45, 2.75) is 32.4 Å². The molecule has 1 fully saturated rings. The molecule has 4 rings (SSSR count). The fourth-order valence-corrected chi connectivity index (χ4v) is 3.93. The summed E-state index contributed by atoms with van der Waals surface area (Å²) in [5.74, 6) is -1.23. The van der Waals surface area contributed by atoms with Crippen LogP contribution in [0.15, 0.2) is 48.7 Å². The van der Waals surface area contributed by atoms with Crippen LogP contribution in [0.1, 0.15) is 24.0 Å². The molecular formula is C23H25F2N3O. The molecule has 0 radical (unpaired) electrons. The van der Waals surface area contributed by atoms with E-state index in [-0.39, 0.29) is 5.69 Å². The third-order valence-corrected chi connectivity index (χ3v) is 5.61. The Bertz CT molecular complexity index is 994. The van der Waals surface area contributed by atoms with Gasteiger partial charge in [-0.25, -0.2) is 13.5 Å². The fourth-order valence-electron chi connectivity index (χ4n) is 3.93. The van der Waals surface area contributed by atoms with Crippen LogP contribution in [0, 0.1) is 18.6 Å². The van der Waals surface area contributed by atoms with Crippen molar-refractivity contribution < 1.29 is 13.5 Å². The van der Waals surface area contributed by atoms with E-state index in [2.05, 4.69) is 4.90 Å². The van der Waals surface area contributed by atoms with Crippen LogP contribution < -0.4 is 0 Å². The van der Waals surface area contributed by atoms with Crippen molar-refractivity contribution in [3.05, 3.63) is 71.4 Å². The molecule has 2 heterocycles. The van der Waals surface area contributed by atoms with E-state index in [0.29, 0.717) is 6.10 Å². The van der Waals surface area contributed by atoms with Crippen molar-refractivity contribution >= 4 is 0 Å². The van der Waals surface area contributed by atoms with Gasteiger partial charge in [-0.2, -0.15) is 5.10 Å². The second-order valence-electron chi connectivity index (χ2n) is 7.57. The molecule has 0 unspecified atom stereocenters. The standard InChI is InChI=1S/C23H25F2N3O/c1-16-5-3-4-6-20(16)23-17(14-27-11-9-19(29-2)10-12-27)15-28(26-23)22-8-7-18(24)13-21(22)25/h3-8,13,15,19H,9-12,14H2,1-2H3. The van der Waals surface area contributed by atoms with Gasteiger partial charge in [-0.3, -0.25) is 4.90 Å². The summed E-state index contributed by atoms with van der Waals surface area (Å²) < 4.78 is 34.7. The number of aryl methyl sites for hydroxylation is 1. The van der Waals surface area contributed by atoms with Crippen LogP contribution in [0.2, 0.25) is 0 Å². The molecule has 0 amide bonds. The summed E-state index contributed by atoms with van der Waals surface area (Å²) >= 11 is 0. The molecule has 0 N–H and O–H groups in total. The summed E-state index contributed by atoms with van der Waals surface area (Å²) in [6.07, 6.45) is 4.17. The first-order chi connectivity index (χ1) is 14.0. The number of aromatic nitrogens is 2. The molecule has 1 aliphatic heterocycles. The molecule has 0 aliphatic carbocycles. The van der Waals surface area contributed by atoms with Gasteiger partial charge in [0.2, 0.25) is 0 Å². The summed E-state index contributed by atoms with van der Waals surface area (Å²) in [4.78, 5) is 2.37. The number of hydrogen-bond donors (Lipinski definition) is 0. The third-order valence-electron chi connectivity index (χ3n) is 5.61. The van der Waals surface area contributed by atoms with E-state index < -0.39 is 11.6 Å². The maximum absolute atomic E-state index is 14.4. The fraction of sp³-hybridized carbons (Fsp3) is 0.348. The topological polar surface area (TPSA) is 30.3 Å². The molecule has 1 saturated heterocycles. The molecule has 1 aromatic heterocycles. The first-order valence-electron chi connectivity index (χ1n) is 9.90. The number of halogens is 2. The van der Waals surface area contributed by atoms with Gasteiger partial charge in [0.05, 0.1) is 11.8 Å². The number of methoxy groups -OCH3 is 1. The van der Waals surface area contributed by atoms with E-state index in [9.17, 15) is 8.78 Å². The van der Waals surface area contributed by atoms with E-state index >= 15 is 0 Å². The number of hydrogen-bond acceptors (Lipinski definition) is 3. The molecule has 29 heavy (non-hydrogen) atoms. The summed E-state index contributed by atoms with van der Waals surface area (Å²) in [6.45, 7) is 4.66. The average molecular weight is 397 g/mol. The zero-order valence-corrected chi connectivity index (χ0v) is 16.7. The highest BCUT2D eigenvalue weighted by Gasteiger charge is 2.22. The Morgan fingerprint density at radius 3 is 2.55 bits per heavy atom. The zero-order valence-electron chi connectivity index (χ0n) is 16.7. The van der Waals surface area contributed by atoms with Crippen molar-refractivity contribution in [3.63, 3.8) is 0 Å². The Balaban J connectivity index is 1.70.